The Bertz CT molecular complexity index is 718. The van der Waals surface area contributed by atoms with E-state index in [1.165, 1.54) is 0 Å². The van der Waals surface area contributed by atoms with Crippen molar-refractivity contribution in [3.05, 3.63) is 45.9 Å². The molecule has 0 bridgehead atoms. The molecule has 142 valence electrons. The molecule has 0 aliphatic carbocycles. The quantitative estimate of drug-likeness (QED) is 0.434. The summed E-state index contributed by atoms with van der Waals surface area (Å²) >= 11 is 13.9. The summed E-state index contributed by atoms with van der Waals surface area (Å²) in [4.78, 5) is 0.987. The first-order chi connectivity index (χ1) is 12.5. The van der Waals surface area contributed by atoms with E-state index in [0.29, 0.717) is 22.3 Å². The first kappa shape index (κ1) is 21.0. The largest absolute Gasteiger partial charge is 0.493 e. The van der Waals surface area contributed by atoms with Crippen LogP contribution < -0.4 is 19.5 Å². The van der Waals surface area contributed by atoms with Crippen molar-refractivity contribution in [2.45, 2.75) is 17.9 Å². The SMILES string of the molecule is COc1cc(C(C)NCCSc2cc(Cl)ccc2Cl)cc(OC)c1OC. The highest BCUT2D eigenvalue weighted by molar-refractivity contribution is 7.99. The summed E-state index contributed by atoms with van der Waals surface area (Å²) in [5.41, 5.74) is 1.06. The second-order valence-corrected chi connectivity index (χ2v) is 7.54. The molecule has 7 heteroatoms. The van der Waals surface area contributed by atoms with Crippen molar-refractivity contribution in [1.29, 1.82) is 0 Å². The predicted molar refractivity (Wildman–Crippen MR) is 110 cm³/mol. The van der Waals surface area contributed by atoms with Gasteiger partial charge in [0.05, 0.1) is 26.4 Å². The molecule has 1 atom stereocenters. The first-order valence-corrected chi connectivity index (χ1v) is 9.85. The van der Waals surface area contributed by atoms with Gasteiger partial charge in [-0.3, -0.25) is 0 Å². The summed E-state index contributed by atoms with van der Waals surface area (Å²) < 4.78 is 16.2. The third kappa shape index (κ3) is 5.36. The molecule has 0 radical (unpaired) electrons. The number of hydrogen-bond donors (Lipinski definition) is 1. The zero-order valence-corrected chi connectivity index (χ0v) is 17.6. The monoisotopic (exact) mass is 415 g/mol. The first-order valence-electron chi connectivity index (χ1n) is 8.11. The number of halogens is 2. The normalized spacial score (nSPS) is 11.9. The lowest BCUT2D eigenvalue weighted by molar-refractivity contribution is 0.323. The average molecular weight is 416 g/mol. The fourth-order valence-electron chi connectivity index (χ4n) is 2.49. The van der Waals surface area contributed by atoms with Crippen LogP contribution in [0.2, 0.25) is 10.0 Å². The van der Waals surface area contributed by atoms with Crippen molar-refractivity contribution in [2.24, 2.45) is 0 Å². The fourth-order valence-corrected chi connectivity index (χ4v) is 3.87. The number of benzene rings is 2. The molecule has 0 spiro atoms. The standard InChI is InChI=1S/C19H23Cl2NO3S/c1-12(13-9-16(23-2)19(25-4)17(10-13)24-3)22-7-8-26-18-11-14(20)5-6-15(18)21/h5-6,9-12,22H,7-8H2,1-4H3. The summed E-state index contributed by atoms with van der Waals surface area (Å²) in [6, 6.07) is 9.54. The van der Waals surface area contributed by atoms with Crippen LogP contribution in [0.5, 0.6) is 17.2 Å². The minimum atomic E-state index is 0.124. The van der Waals surface area contributed by atoms with Gasteiger partial charge in [-0.15, -0.1) is 11.8 Å². The van der Waals surface area contributed by atoms with Crippen LogP contribution in [0.4, 0.5) is 0 Å². The van der Waals surface area contributed by atoms with E-state index in [4.69, 9.17) is 37.4 Å². The van der Waals surface area contributed by atoms with Crippen molar-refractivity contribution in [2.75, 3.05) is 33.6 Å². The molecule has 26 heavy (non-hydrogen) atoms. The smallest absolute Gasteiger partial charge is 0.203 e. The lowest BCUT2D eigenvalue weighted by atomic mass is 10.1. The summed E-state index contributed by atoms with van der Waals surface area (Å²) in [5, 5.41) is 4.90. The Labute approximate surface area is 169 Å². The van der Waals surface area contributed by atoms with Crippen LogP contribution >= 0.6 is 35.0 Å². The molecule has 0 saturated heterocycles. The number of hydrogen-bond acceptors (Lipinski definition) is 5. The van der Waals surface area contributed by atoms with Gasteiger partial charge in [0.2, 0.25) is 5.75 Å². The van der Waals surface area contributed by atoms with Crippen LogP contribution in [0.3, 0.4) is 0 Å². The van der Waals surface area contributed by atoms with E-state index in [1.54, 1.807) is 39.2 Å². The zero-order valence-electron chi connectivity index (χ0n) is 15.3. The van der Waals surface area contributed by atoms with Gasteiger partial charge in [0, 0.05) is 28.3 Å². The highest BCUT2D eigenvalue weighted by atomic mass is 35.5. The average Bonchev–Trinajstić information content (AvgIpc) is 2.66. The molecule has 1 N–H and O–H groups in total. The maximum Gasteiger partial charge on any atom is 0.203 e. The number of ether oxygens (including phenoxy) is 3. The second-order valence-electron chi connectivity index (χ2n) is 5.56. The molecule has 0 amide bonds. The van der Waals surface area contributed by atoms with Gasteiger partial charge in [-0.25, -0.2) is 0 Å². The van der Waals surface area contributed by atoms with Gasteiger partial charge < -0.3 is 19.5 Å². The lowest BCUT2D eigenvalue weighted by Gasteiger charge is -2.18. The Hall–Kier alpha value is -1.27. The van der Waals surface area contributed by atoms with Gasteiger partial charge in [-0.2, -0.15) is 0 Å². The Morgan fingerprint density at radius 2 is 1.65 bits per heavy atom. The van der Waals surface area contributed by atoms with Crippen LogP contribution in [-0.4, -0.2) is 33.6 Å². The molecule has 2 rings (SSSR count). The third-order valence-corrected chi connectivity index (χ3v) is 5.62. The molecular weight excluding hydrogens is 393 g/mol. The minimum Gasteiger partial charge on any atom is -0.493 e. The zero-order chi connectivity index (χ0) is 19.1. The molecule has 2 aromatic carbocycles. The van der Waals surface area contributed by atoms with Gasteiger partial charge in [0.15, 0.2) is 11.5 Å². The van der Waals surface area contributed by atoms with Crippen LogP contribution in [0.1, 0.15) is 18.5 Å². The highest BCUT2D eigenvalue weighted by Gasteiger charge is 2.16. The number of methoxy groups -OCH3 is 3. The van der Waals surface area contributed by atoms with Gasteiger partial charge in [-0.1, -0.05) is 23.2 Å². The van der Waals surface area contributed by atoms with E-state index in [-0.39, 0.29) is 6.04 Å². The minimum absolute atomic E-state index is 0.124. The van der Waals surface area contributed by atoms with Crippen molar-refractivity contribution >= 4 is 35.0 Å². The van der Waals surface area contributed by atoms with Crippen molar-refractivity contribution in [1.82, 2.24) is 5.32 Å². The van der Waals surface area contributed by atoms with Crippen LogP contribution in [0.25, 0.3) is 0 Å². The Balaban J connectivity index is 1.97. The Morgan fingerprint density at radius 1 is 1.00 bits per heavy atom. The van der Waals surface area contributed by atoms with E-state index >= 15 is 0 Å². The predicted octanol–water partition coefficient (Wildman–Crippen LogP) is 5.46. The van der Waals surface area contributed by atoms with Gasteiger partial charge >= 0.3 is 0 Å². The summed E-state index contributed by atoms with van der Waals surface area (Å²) in [5.74, 6) is 2.76. The van der Waals surface area contributed by atoms with E-state index < -0.39 is 0 Å². The molecule has 2 aromatic rings. The maximum atomic E-state index is 6.19. The molecule has 0 saturated carbocycles. The van der Waals surface area contributed by atoms with Crippen LogP contribution in [-0.2, 0) is 0 Å². The van der Waals surface area contributed by atoms with Gasteiger partial charge in [-0.05, 0) is 42.8 Å². The Kier molecular flexibility index (Phi) is 8.22. The van der Waals surface area contributed by atoms with Crippen molar-refractivity contribution in [3.63, 3.8) is 0 Å². The van der Waals surface area contributed by atoms with Crippen molar-refractivity contribution in [3.8, 4) is 17.2 Å². The lowest BCUT2D eigenvalue weighted by Crippen LogP contribution is -2.21. The molecular formula is C19H23Cl2NO3S. The number of thioether (sulfide) groups is 1. The summed E-state index contributed by atoms with van der Waals surface area (Å²) in [6.07, 6.45) is 0. The van der Waals surface area contributed by atoms with Crippen molar-refractivity contribution < 1.29 is 14.2 Å². The molecule has 0 aliphatic heterocycles. The maximum absolute atomic E-state index is 6.19. The number of rotatable bonds is 9. The van der Waals surface area contributed by atoms with E-state index in [9.17, 15) is 0 Å². The van der Waals surface area contributed by atoms with Crippen LogP contribution in [0.15, 0.2) is 35.2 Å². The number of nitrogens with one attached hydrogen (secondary N) is 1. The summed E-state index contributed by atoms with van der Waals surface area (Å²) in [7, 11) is 4.83. The summed E-state index contributed by atoms with van der Waals surface area (Å²) in [6.45, 7) is 2.91. The molecule has 0 fully saturated rings. The topological polar surface area (TPSA) is 39.7 Å². The third-order valence-electron chi connectivity index (χ3n) is 3.89. The molecule has 0 heterocycles. The van der Waals surface area contributed by atoms with E-state index in [2.05, 4.69) is 12.2 Å². The van der Waals surface area contributed by atoms with E-state index in [1.807, 2.05) is 24.3 Å². The van der Waals surface area contributed by atoms with Crippen LogP contribution in [0, 0.1) is 0 Å². The molecule has 0 aromatic heterocycles. The second kappa shape index (κ2) is 10.2. The molecule has 4 nitrogen and oxygen atoms in total. The fraction of sp³-hybridized carbons (Fsp3) is 0.368. The van der Waals surface area contributed by atoms with E-state index in [0.717, 1.165) is 27.8 Å². The van der Waals surface area contributed by atoms with Gasteiger partial charge in [0.25, 0.3) is 0 Å². The molecule has 1 unspecified atom stereocenters. The Morgan fingerprint density at radius 3 is 2.23 bits per heavy atom. The van der Waals surface area contributed by atoms with Gasteiger partial charge in [0.1, 0.15) is 0 Å². The molecule has 0 aliphatic rings. The highest BCUT2D eigenvalue weighted by Crippen LogP contribution is 2.39.